The van der Waals surface area contributed by atoms with E-state index in [9.17, 15) is 9.59 Å². The first-order valence-corrected chi connectivity index (χ1v) is 9.93. The van der Waals surface area contributed by atoms with Gasteiger partial charge in [-0.3, -0.25) is 9.59 Å². The number of carbonyl (C=O) groups is 2. The second-order valence-corrected chi connectivity index (χ2v) is 7.14. The number of ketones is 1. The lowest BCUT2D eigenvalue weighted by atomic mass is 9.97. The molecule has 2 N–H and O–H groups in total. The maximum atomic E-state index is 12.4. The molecule has 0 spiro atoms. The Hall–Kier alpha value is -2.17. The Morgan fingerprint density at radius 1 is 0.964 bits per heavy atom. The smallest absolute Gasteiger partial charge is 0.224 e. The summed E-state index contributed by atoms with van der Waals surface area (Å²) in [6.45, 7) is 1.99. The third-order valence-corrected chi connectivity index (χ3v) is 5.01. The van der Waals surface area contributed by atoms with Crippen molar-refractivity contribution in [3.05, 3.63) is 65.2 Å². The molecule has 1 amide bonds. The molecule has 0 fully saturated rings. The van der Waals surface area contributed by atoms with Crippen LogP contribution in [0, 0.1) is 0 Å². The van der Waals surface area contributed by atoms with Crippen molar-refractivity contribution in [3.63, 3.8) is 0 Å². The van der Waals surface area contributed by atoms with E-state index >= 15 is 0 Å². The van der Waals surface area contributed by atoms with Crippen LogP contribution in [-0.4, -0.2) is 24.8 Å². The monoisotopic (exact) mass is 400 g/mol. The zero-order valence-corrected chi connectivity index (χ0v) is 17.0. The zero-order valence-electron chi connectivity index (χ0n) is 16.2. The third kappa shape index (κ3) is 6.77. The number of halogens is 1. The Bertz CT molecular complexity index is 777. The average molecular weight is 401 g/mol. The van der Waals surface area contributed by atoms with Crippen LogP contribution in [0.5, 0.6) is 0 Å². The number of hydrogen-bond acceptors (Lipinski definition) is 3. The van der Waals surface area contributed by atoms with Crippen LogP contribution in [0.1, 0.15) is 53.6 Å². The molecule has 0 bridgehead atoms. The lowest BCUT2D eigenvalue weighted by Gasteiger charge is -2.17. The van der Waals surface area contributed by atoms with E-state index in [1.54, 1.807) is 0 Å². The summed E-state index contributed by atoms with van der Waals surface area (Å²) < 4.78 is 0. The summed E-state index contributed by atoms with van der Waals surface area (Å²) in [7, 11) is 0. The average Bonchev–Trinajstić information content (AvgIpc) is 2.70. The summed E-state index contributed by atoms with van der Waals surface area (Å²) in [6, 6.07) is 16.1. The van der Waals surface area contributed by atoms with Gasteiger partial charge in [0.25, 0.3) is 0 Å². The molecule has 4 nitrogen and oxygen atoms in total. The predicted octanol–water partition coefficient (Wildman–Crippen LogP) is 4.57. The fraction of sp³-hybridized carbons (Fsp3) is 0.391. The standard InChI is InChI=1S/C23H28N2O2.ClH/c26-22(20-10-12-21-19(17-20)11-13-23(27)25-21)9-5-2-6-15-24-16-14-18-7-3-1-4-8-18;/h1,3-4,7-8,10,12,17,24H,2,5-6,9,11,13-16H2,(H,25,27);1H. The number of amides is 1. The highest BCUT2D eigenvalue weighted by Crippen LogP contribution is 2.24. The van der Waals surface area contributed by atoms with Gasteiger partial charge in [0.2, 0.25) is 5.91 Å². The van der Waals surface area contributed by atoms with Gasteiger partial charge in [-0.15, -0.1) is 12.4 Å². The molecule has 0 saturated carbocycles. The molecular formula is C23H29ClN2O2. The van der Waals surface area contributed by atoms with E-state index in [1.165, 1.54) is 5.56 Å². The first kappa shape index (κ1) is 22.1. The Labute approximate surface area is 173 Å². The molecule has 5 heteroatoms. The summed E-state index contributed by atoms with van der Waals surface area (Å²) in [6.07, 6.45) is 5.95. The van der Waals surface area contributed by atoms with E-state index < -0.39 is 0 Å². The number of carbonyl (C=O) groups excluding carboxylic acids is 2. The number of nitrogens with one attached hydrogen (secondary N) is 2. The van der Waals surface area contributed by atoms with Crippen molar-refractivity contribution >= 4 is 29.8 Å². The SMILES string of the molecule is Cl.O=C1CCc2cc(C(=O)CCCCCNCCc3ccccc3)ccc2N1. The van der Waals surface area contributed by atoms with Gasteiger partial charge < -0.3 is 10.6 Å². The van der Waals surface area contributed by atoms with Gasteiger partial charge >= 0.3 is 0 Å². The van der Waals surface area contributed by atoms with Crippen LogP contribution in [0.2, 0.25) is 0 Å². The molecule has 0 radical (unpaired) electrons. The molecule has 1 aliphatic rings. The summed E-state index contributed by atoms with van der Waals surface area (Å²) in [5.74, 6) is 0.255. The highest BCUT2D eigenvalue weighted by atomic mass is 35.5. The van der Waals surface area contributed by atoms with E-state index in [2.05, 4.69) is 34.9 Å². The Morgan fingerprint density at radius 3 is 2.61 bits per heavy atom. The van der Waals surface area contributed by atoms with Crippen molar-refractivity contribution in [1.29, 1.82) is 0 Å². The van der Waals surface area contributed by atoms with Crippen LogP contribution < -0.4 is 10.6 Å². The van der Waals surface area contributed by atoms with Gasteiger partial charge in [0, 0.05) is 24.1 Å². The molecule has 0 atom stereocenters. The first-order valence-electron chi connectivity index (χ1n) is 9.93. The van der Waals surface area contributed by atoms with Gasteiger partial charge in [0.05, 0.1) is 0 Å². The lowest BCUT2D eigenvalue weighted by Crippen LogP contribution is -2.19. The molecule has 0 aliphatic carbocycles. The van der Waals surface area contributed by atoms with Gasteiger partial charge in [-0.25, -0.2) is 0 Å². The van der Waals surface area contributed by atoms with E-state index in [0.29, 0.717) is 12.8 Å². The topological polar surface area (TPSA) is 58.2 Å². The van der Waals surface area contributed by atoms with Crippen molar-refractivity contribution in [2.45, 2.75) is 44.9 Å². The number of unbranched alkanes of at least 4 members (excludes halogenated alkanes) is 2. The van der Waals surface area contributed by atoms with Gasteiger partial charge in [0.15, 0.2) is 5.78 Å². The van der Waals surface area contributed by atoms with E-state index in [0.717, 1.165) is 62.0 Å². The van der Waals surface area contributed by atoms with Crippen LogP contribution in [0.4, 0.5) is 5.69 Å². The molecule has 3 rings (SSSR count). The summed E-state index contributed by atoms with van der Waals surface area (Å²) in [5, 5.41) is 6.33. The number of anilines is 1. The summed E-state index contributed by atoms with van der Waals surface area (Å²) >= 11 is 0. The molecule has 1 aliphatic heterocycles. The Balaban J connectivity index is 0.00000280. The van der Waals surface area contributed by atoms with Gasteiger partial charge in [-0.1, -0.05) is 36.8 Å². The highest BCUT2D eigenvalue weighted by Gasteiger charge is 2.16. The number of hydrogen-bond donors (Lipinski definition) is 2. The van der Waals surface area contributed by atoms with Crippen LogP contribution >= 0.6 is 12.4 Å². The third-order valence-electron chi connectivity index (χ3n) is 5.01. The molecule has 0 unspecified atom stereocenters. The fourth-order valence-electron chi connectivity index (χ4n) is 3.42. The largest absolute Gasteiger partial charge is 0.326 e. The van der Waals surface area contributed by atoms with Crippen LogP contribution in [0.3, 0.4) is 0 Å². The van der Waals surface area contributed by atoms with Gasteiger partial charge in [-0.2, -0.15) is 0 Å². The number of Topliss-reactive ketones (excluding diaryl/α,β-unsaturated/α-hetero) is 1. The van der Waals surface area contributed by atoms with Gasteiger partial charge in [-0.05, 0) is 68.1 Å². The van der Waals surface area contributed by atoms with Crippen molar-refractivity contribution in [2.24, 2.45) is 0 Å². The molecule has 0 aromatic heterocycles. The van der Waals surface area contributed by atoms with Crippen LogP contribution in [0.25, 0.3) is 0 Å². The van der Waals surface area contributed by atoms with Crippen LogP contribution in [0.15, 0.2) is 48.5 Å². The van der Waals surface area contributed by atoms with E-state index in [4.69, 9.17) is 0 Å². The Morgan fingerprint density at radius 2 is 1.79 bits per heavy atom. The van der Waals surface area contributed by atoms with Crippen molar-refractivity contribution in [1.82, 2.24) is 5.32 Å². The summed E-state index contributed by atoms with van der Waals surface area (Å²) in [4.78, 5) is 23.8. The van der Waals surface area contributed by atoms with Crippen molar-refractivity contribution in [2.75, 3.05) is 18.4 Å². The molecule has 2 aromatic carbocycles. The maximum Gasteiger partial charge on any atom is 0.224 e. The normalized spacial score (nSPS) is 12.6. The predicted molar refractivity (Wildman–Crippen MR) is 116 cm³/mol. The Kier molecular flexibility index (Phi) is 9.18. The zero-order chi connectivity index (χ0) is 18.9. The minimum absolute atomic E-state index is 0. The fourth-order valence-corrected chi connectivity index (χ4v) is 3.42. The number of benzene rings is 2. The second kappa shape index (κ2) is 11.6. The molecular weight excluding hydrogens is 372 g/mol. The quantitative estimate of drug-likeness (QED) is 0.453. The molecule has 2 aromatic rings. The first-order chi connectivity index (χ1) is 13.2. The number of rotatable bonds is 10. The highest BCUT2D eigenvalue weighted by molar-refractivity contribution is 5.98. The van der Waals surface area contributed by atoms with Gasteiger partial charge in [0.1, 0.15) is 0 Å². The minimum atomic E-state index is 0. The number of fused-ring (bicyclic) bond motifs is 1. The molecule has 28 heavy (non-hydrogen) atoms. The van der Waals surface area contributed by atoms with Crippen molar-refractivity contribution < 1.29 is 9.59 Å². The molecule has 150 valence electrons. The second-order valence-electron chi connectivity index (χ2n) is 7.14. The molecule has 1 heterocycles. The van der Waals surface area contributed by atoms with Crippen LogP contribution in [-0.2, 0) is 17.6 Å². The lowest BCUT2D eigenvalue weighted by molar-refractivity contribution is -0.116. The maximum absolute atomic E-state index is 12.4. The summed E-state index contributed by atoms with van der Waals surface area (Å²) in [5.41, 5.74) is 4.05. The number of aryl methyl sites for hydroxylation is 1. The minimum Gasteiger partial charge on any atom is -0.326 e. The van der Waals surface area contributed by atoms with Crippen molar-refractivity contribution in [3.8, 4) is 0 Å². The van der Waals surface area contributed by atoms with E-state index in [-0.39, 0.29) is 24.1 Å². The molecule has 0 saturated heterocycles. The van der Waals surface area contributed by atoms with E-state index in [1.807, 2.05) is 24.3 Å².